The van der Waals surface area contributed by atoms with Gasteiger partial charge in [-0.15, -0.1) is 0 Å². The first-order chi connectivity index (χ1) is 13.6. The normalized spacial score (nSPS) is 12.2. The van der Waals surface area contributed by atoms with Crippen LogP contribution in [0.2, 0.25) is 0 Å². The highest BCUT2D eigenvalue weighted by Gasteiger charge is 2.32. The van der Waals surface area contributed by atoms with Crippen molar-refractivity contribution in [2.45, 2.75) is 44.6 Å². The topological polar surface area (TPSA) is 81.7 Å². The van der Waals surface area contributed by atoms with Crippen LogP contribution in [0.4, 0.5) is 0 Å². The zero-order valence-electron chi connectivity index (χ0n) is 17.7. The molecule has 6 nitrogen and oxygen atoms in total. The lowest BCUT2D eigenvalue weighted by Gasteiger charge is -2.36. The van der Waals surface area contributed by atoms with Crippen LogP contribution in [-0.4, -0.2) is 40.3 Å². The Morgan fingerprint density at radius 3 is 2.28 bits per heavy atom. The Labute approximate surface area is 175 Å². The molecule has 2 amide bonds. The van der Waals surface area contributed by atoms with Crippen molar-refractivity contribution in [3.63, 3.8) is 0 Å². The second-order valence-electron chi connectivity index (χ2n) is 7.54. The Morgan fingerprint density at radius 1 is 1.10 bits per heavy atom. The molecular formula is C22H28N2O4S. The van der Waals surface area contributed by atoms with Gasteiger partial charge in [0.25, 0.3) is 11.8 Å². The van der Waals surface area contributed by atoms with Crippen molar-refractivity contribution in [2.75, 3.05) is 13.4 Å². The van der Waals surface area contributed by atoms with Gasteiger partial charge in [0, 0.05) is 11.1 Å². The standard InChI is InChI=1S/C22H28N2O4S/c1-7-15-16(12-10-13-18(15)28-5)21(26)24(22(2,3)4)23-20(25)17-11-8-9-14-19(17)29(6)27/h8-14H,7H2,1-6H3,(H,23,25). The van der Waals surface area contributed by atoms with Gasteiger partial charge in [0.15, 0.2) is 4.90 Å². The Kier molecular flexibility index (Phi) is 7.32. The number of hydrogen-bond donors (Lipinski definition) is 1. The van der Waals surface area contributed by atoms with E-state index < -0.39 is 22.6 Å². The first-order valence-electron chi connectivity index (χ1n) is 9.35. The SMILES string of the molecule is CCc1c(OC)cccc1C(=O)N(NC(=O)c1ccccc1[S+](C)[O-])C(C)(C)C. The molecule has 0 radical (unpaired) electrons. The minimum atomic E-state index is -1.33. The van der Waals surface area contributed by atoms with Gasteiger partial charge in [-0.25, -0.2) is 5.01 Å². The van der Waals surface area contributed by atoms with E-state index in [2.05, 4.69) is 5.43 Å². The molecule has 2 aromatic carbocycles. The van der Waals surface area contributed by atoms with Crippen molar-refractivity contribution >= 4 is 23.0 Å². The molecule has 0 bridgehead atoms. The van der Waals surface area contributed by atoms with E-state index in [1.165, 1.54) is 11.3 Å². The van der Waals surface area contributed by atoms with E-state index in [0.29, 0.717) is 22.6 Å². The zero-order chi connectivity index (χ0) is 21.8. The first kappa shape index (κ1) is 22.8. The predicted molar refractivity (Wildman–Crippen MR) is 115 cm³/mol. The number of amides is 2. The molecule has 0 aliphatic heterocycles. The van der Waals surface area contributed by atoms with Crippen LogP contribution in [0, 0.1) is 0 Å². The number of ether oxygens (including phenoxy) is 1. The minimum absolute atomic E-state index is 0.275. The lowest BCUT2D eigenvalue weighted by atomic mass is 10.0. The van der Waals surface area contributed by atoms with Crippen LogP contribution in [0.25, 0.3) is 0 Å². The Bertz CT molecular complexity index is 891. The largest absolute Gasteiger partial charge is 0.612 e. The highest BCUT2D eigenvalue weighted by molar-refractivity contribution is 7.90. The summed E-state index contributed by atoms with van der Waals surface area (Å²) in [6, 6.07) is 12.0. The molecule has 0 spiro atoms. The summed E-state index contributed by atoms with van der Waals surface area (Å²) < 4.78 is 17.4. The molecule has 1 atom stereocenters. The fourth-order valence-electron chi connectivity index (χ4n) is 3.03. The number of nitrogens with one attached hydrogen (secondary N) is 1. The Morgan fingerprint density at radius 2 is 1.72 bits per heavy atom. The summed E-state index contributed by atoms with van der Waals surface area (Å²) in [5.74, 6) is -0.193. The van der Waals surface area contributed by atoms with Crippen LogP contribution in [0.15, 0.2) is 47.4 Å². The van der Waals surface area contributed by atoms with Gasteiger partial charge in [-0.1, -0.05) is 25.1 Å². The molecule has 2 rings (SSSR count). The van der Waals surface area contributed by atoms with Gasteiger partial charge in [-0.05, 0) is 62.6 Å². The Balaban J connectivity index is 2.44. The van der Waals surface area contributed by atoms with E-state index in [1.54, 1.807) is 43.5 Å². The maximum atomic E-state index is 13.4. The summed E-state index contributed by atoms with van der Waals surface area (Å²) in [6.07, 6.45) is 2.12. The summed E-state index contributed by atoms with van der Waals surface area (Å²) in [7, 11) is 1.56. The van der Waals surface area contributed by atoms with Gasteiger partial charge in [-0.3, -0.25) is 15.0 Å². The average Bonchev–Trinajstić information content (AvgIpc) is 2.69. The number of benzene rings is 2. The van der Waals surface area contributed by atoms with E-state index in [9.17, 15) is 14.1 Å². The Hall–Kier alpha value is -2.51. The third-order valence-electron chi connectivity index (χ3n) is 4.47. The third kappa shape index (κ3) is 5.10. The van der Waals surface area contributed by atoms with E-state index in [1.807, 2.05) is 33.8 Å². The maximum Gasteiger partial charge on any atom is 0.274 e. The molecule has 2 aromatic rings. The van der Waals surface area contributed by atoms with E-state index in [-0.39, 0.29) is 11.5 Å². The highest BCUT2D eigenvalue weighted by atomic mass is 32.2. The minimum Gasteiger partial charge on any atom is -0.612 e. The molecule has 0 aliphatic carbocycles. The fourth-order valence-corrected chi connectivity index (χ4v) is 3.77. The number of rotatable bonds is 5. The van der Waals surface area contributed by atoms with Crippen LogP contribution in [0.5, 0.6) is 5.75 Å². The summed E-state index contributed by atoms with van der Waals surface area (Å²) in [4.78, 5) is 26.8. The lowest BCUT2D eigenvalue weighted by molar-refractivity contribution is 0.0356. The van der Waals surface area contributed by atoms with Crippen molar-refractivity contribution in [2.24, 2.45) is 0 Å². The molecule has 0 heterocycles. The van der Waals surface area contributed by atoms with Gasteiger partial charge in [0.2, 0.25) is 0 Å². The monoisotopic (exact) mass is 416 g/mol. The molecule has 0 saturated heterocycles. The number of nitrogens with zero attached hydrogens (tertiary/aromatic N) is 1. The van der Waals surface area contributed by atoms with E-state index in [0.717, 1.165) is 5.56 Å². The molecule has 1 N–H and O–H groups in total. The van der Waals surface area contributed by atoms with Crippen molar-refractivity contribution in [3.8, 4) is 5.75 Å². The van der Waals surface area contributed by atoms with Gasteiger partial charge >= 0.3 is 0 Å². The molecule has 0 aromatic heterocycles. The van der Waals surface area contributed by atoms with E-state index in [4.69, 9.17) is 4.74 Å². The molecular weight excluding hydrogens is 388 g/mol. The molecule has 1 unspecified atom stereocenters. The van der Waals surface area contributed by atoms with Crippen LogP contribution in [0.3, 0.4) is 0 Å². The second kappa shape index (κ2) is 9.33. The summed E-state index contributed by atoms with van der Waals surface area (Å²) in [6.45, 7) is 7.45. The highest BCUT2D eigenvalue weighted by Crippen LogP contribution is 2.26. The fraction of sp³-hybridized carbons (Fsp3) is 0.364. The summed E-state index contributed by atoms with van der Waals surface area (Å²) >= 11 is -1.33. The van der Waals surface area contributed by atoms with Gasteiger partial charge in [0.1, 0.15) is 12.0 Å². The first-order valence-corrected chi connectivity index (χ1v) is 10.9. The molecule has 0 saturated carbocycles. The molecule has 0 fully saturated rings. The van der Waals surface area contributed by atoms with Gasteiger partial charge < -0.3 is 9.29 Å². The van der Waals surface area contributed by atoms with Gasteiger partial charge in [-0.2, -0.15) is 0 Å². The van der Waals surface area contributed by atoms with Crippen molar-refractivity contribution in [1.29, 1.82) is 0 Å². The number of methoxy groups -OCH3 is 1. The zero-order valence-corrected chi connectivity index (χ0v) is 18.6. The molecule has 29 heavy (non-hydrogen) atoms. The smallest absolute Gasteiger partial charge is 0.274 e. The third-order valence-corrected chi connectivity index (χ3v) is 5.44. The second-order valence-corrected chi connectivity index (χ2v) is 8.89. The number of carbonyl (C=O) groups is 2. The van der Waals surface area contributed by atoms with Crippen molar-refractivity contribution in [1.82, 2.24) is 10.4 Å². The lowest BCUT2D eigenvalue weighted by Crippen LogP contribution is -2.56. The van der Waals surface area contributed by atoms with Crippen LogP contribution in [0.1, 0.15) is 54.0 Å². The number of hydrogen-bond acceptors (Lipinski definition) is 4. The maximum absolute atomic E-state index is 13.4. The van der Waals surface area contributed by atoms with Gasteiger partial charge in [0.05, 0.1) is 18.2 Å². The average molecular weight is 417 g/mol. The predicted octanol–water partition coefficient (Wildman–Crippen LogP) is 3.58. The van der Waals surface area contributed by atoms with Crippen LogP contribution in [-0.2, 0) is 17.6 Å². The quantitative estimate of drug-likeness (QED) is 0.597. The van der Waals surface area contributed by atoms with Crippen LogP contribution >= 0.6 is 0 Å². The molecule has 0 aliphatic rings. The summed E-state index contributed by atoms with van der Waals surface area (Å²) in [5, 5.41) is 1.32. The van der Waals surface area contributed by atoms with E-state index >= 15 is 0 Å². The summed E-state index contributed by atoms with van der Waals surface area (Å²) in [5.41, 5.74) is 3.55. The number of carbonyl (C=O) groups excluding carboxylic acids is 2. The number of hydrazine groups is 1. The molecule has 156 valence electrons. The molecule has 7 heteroatoms. The van der Waals surface area contributed by atoms with Crippen molar-refractivity contribution < 1.29 is 18.9 Å². The van der Waals surface area contributed by atoms with Crippen molar-refractivity contribution in [3.05, 3.63) is 59.2 Å². The van der Waals surface area contributed by atoms with Crippen LogP contribution < -0.4 is 10.2 Å².